The van der Waals surface area contributed by atoms with Gasteiger partial charge in [0.1, 0.15) is 6.33 Å². The van der Waals surface area contributed by atoms with Crippen LogP contribution in [0.15, 0.2) is 72.1 Å². The van der Waals surface area contributed by atoms with E-state index in [4.69, 9.17) is 0 Å². The van der Waals surface area contributed by atoms with Crippen LogP contribution in [0, 0.1) is 6.92 Å². The zero-order valence-electron chi connectivity index (χ0n) is 17.4. The van der Waals surface area contributed by atoms with E-state index in [-0.39, 0.29) is 10.8 Å². The summed E-state index contributed by atoms with van der Waals surface area (Å²) in [5, 5.41) is 6.92. The number of aromatic nitrogens is 4. The third-order valence-corrected chi connectivity index (χ3v) is 6.19. The number of nitrogens with zero attached hydrogens (tertiary/aromatic N) is 4. The zero-order valence-corrected chi connectivity index (χ0v) is 18.2. The Morgan fingerprint density at radius 1 is 1.09 bits per heavy atom. The molecule has 0 aliphatic carbocycles. The first-order valence-corrected chi connectivity index (χ1v) is 11.5. The van der Waals surface area contributed by atoms with Crippen LogP contribution in [0.1, 0.15) is 27.9 Å². The summed E-state index contributed by atoms with van der Waals surface area (Å²) >= 11 is 0. The van der Waals surface area contributed by atoms with E-state index >= 15 is 0 Å². The standard InChI is InChI=1S/C22H22N6O3S/c1-16-4-2-6-20(12-16)32(30,31)27-19-9-7-18(8-10-19)21(29)23-11-3-5-17-13-24-22-25-15-26-28(22)14-17/h2,4,6-10,12-15,27H,3,5,11H2,1H3,(H,23,29). The maximum atomic E-state index is 12.5. The van der Waals surface area contributed by atoms with Crippen LogP contribution in [0.25, 0.3) is 5.78 Å². The van der Waals surface area contributed by atoms with Gasteiger partial charge in [-0.25, -0.2) is 17.9 Å². The fraction of sp³-hybridized carbons (Fsp3) is 0.182. The molecule has 0 spiro atoms. The zero-order chi connectivity index (χ0) is 22.6. The van der Waals surface area contributed by atoms with Crippen LogP contribution in [0.2, 0.25) is 0 Å². The van der Waals surface area contributed by atoms with Crippen LogP contribution >= 0.6 is 0 Å². The number of hydrogen-bond donors (Lipinski definition) is 2. The van der Waals surface area contributed by atoms with Crippen molar-refractivity contribution < 1.29 is 13.2 Å². The Balaban J connectivity index is 1.29. The van der Waals surface area contributed by atoms with Gasteiger partial charge in [-0.05, 0) is 67.3 Å². The number of aryl methyl sites for hydroxylation is 2. The molecule has 9 nitrogen and oxygen atoms in total. The van der Waals surface area contributed by atoms with E-state index in [1.165, 1.54) is 12.4 Å². The Hall–Kier alpha value is -3.79. The van der Waals surface area contributed by atoms with Crippen LogP contribution < -0.4 is 10.0 Å². The van der Waals surface area contributed by atoms with Gasteiger partial charge >= 0.3 is 0 Å². The second kappa shape index (κ2) is 9.15. The summed E-state index contributed by atoms with van der Waals surface area (Å²) in [5.41, 5.74) is 2.70. The van der Waals surface area contributed by atoms with Crippen LogP contribution in [0.3, 0.4) is 0 Å². The summed E-state index contributed by atoms with van der Waals surface area (Å²) in [6.45, 7) is 2.33. The van der Waals surface area contributed by atoms with Gasteiger partial charge in [0, 0.05) is 30.2 Å². The smallest absolute Gasteiger partial charge is 0.261 e. The molecule has 0 saturated carbocycles. The molecule has 164 valence electrons. The highest BCUT2D eigenvalue weighted by Crippen LogP contribution is 2.17. The SMILES string of the molecule is Cc1cccc(S(=O)(=O)Nc2ccc(C(=O)NCCCc3cnc4ncnn4c3)cc2)c1. The molecular weight excluding hydrogens is 428 g/mol. The molecule has 0 radical (unpaired) electrons. The molecule has 0 atom stereocenters. The van der Waals surface area contributed by atoms with Crippen molar-refractivity contribution in [3.05, 3.63) is 83.9 Å². The number of fused-ring (bicyclic) bond motifs is 1. The topological polar surface area (TPSA) is 118 Å². The van der Waals surface area contributed by atoms with E-state index < -0.39 is 10.0 Å². The number of hydrogen-bond acceptors (Lipinski definition) is 6. The van der Waals surface area contributed by atoms with Crippen molar-refractivity contribution in [2.75, 3.05) is 11.3 Å². The molecule has 0 saturated heterocycles. The van der Waals surface area contributed by atoms with Crippen molar-refractivity contribution in [2.45, 2.75) is 24.7 Å². The van der Waals surface area contributed by atoms with Crippen molar-refractivity contribution >= 4 is 27.4 Å². The molecule has 2 aromatic heterocycles. The molecule has 32 heavy (non-hydrogen) atoms. The molecule has 2 heterocycles. The van der Waals surface area contributed by atoms with Crippen LogP contribution in [0.5, 0.6) is 0 Å². The van der Waals surface area contributed by atoms with Gasteiger partial charge in [-0.1, -0.05) is 12.1 Å². The van der Waals surface area contributed by atoms with E-state index in [1.807, 2.05) is 19.2 Å². The number of benzene rings is 2. The lowest BCUT2D eigenvalue weighted by atomic mass is 10.1. The summed E-state index contributed by atoms with van der Waals surface area (Å²) in [4.78, 5) is 20.8. The molecule has 4 rings (SSSR count). The number of rotatable bonds is 8. The molecule has 4 aromatic rings. The van der Waals surface area contributed by atoms with Gasteiger partial charge < -0.3 is 5.32 Å². The quantitative estimate of drug-likeness (QED) is 0.398. The maximum Gasteiger partial charge on any atom is 0.261 e. The summed E-state index contributed by atoms with van der Waals surface area (Å²) in [6.07, 6.45) is 6.55. The van der Waals surface area contributed by atoms with Gasteiger partial charge in [0.2, 0.25) is 0 Å². The maximum absolute atomic E-state index is 12.5. The average Bonchev–Trinajstić information content (AvgIpc) is 3.25. The lowest BCUT2D eigenvalue weighted by Crippen LogP contribution is -2.24. The van der Waals surface area contributed by atoms with Crippen LogP contribution in [-0.2, 0) is 16.4 Å². The van der Waals surface area contributed by atoms with Crippen molar-refractivity contribution in [2.24, 2.45) is 0 Å². The minimum Gasteiger partial charge on any atom is -0.352 e. The minimum absolute atomic E-state index is 0.192. The molecule has 0 aliphatic heterocycles. The Kier molecular flexibility index (Phi) is 6.13. The lowest BCUT2D eigenvalue weighted by molar-refractivity contribution is 0.0953. The van der Waals surface area contributed by atoms with Crippen LogP contribution in [-0.4, -0.2) is 40.5 Å². The number of sulfonamides is 1. The van der Waals surface area contributed by atoms with Gasteiger partial charge in [-0.3, -0.25) is 9.52 Å². The van der Waals surface area contributed by atoms with E-state index in [9.17, 15) is 13.2 Å². The fourth-order valence-corrected chi connectivity index (χ4v) is 4.33. The Morgan fingerprint density at radius 3 is 2.69 bits per heavy atom. The molecular formula is C22H22N6O3S. The lowest BCUT2D eigenvalue weighted by Gasteiger charge is -2.10. The Bertz CT molecular complexity index is 1350. The average molecular weight is 451 g/mol. The second-order valence-corrected chi connectivity index (χ2v) is 9.01. The normalized spacial score (nSPS) is 11.4. The van der Waals surface area contributed by atoms with E-state index in [0.29, 0.717) is 23.6 Å². The fourth-order valence-electron chi connectivity index (χ4n) is 3.17. The van der Waals surface area contributed by atoms with Crippen molar-refractivity contribution in [1.29, 1.82) is 0 Å². The number of carbonyl (C=O) groups is 1. The molecule has 0 aliphatic rings. The third-order valence-electron chi connectivity index (χ3n) is 4.82. The summed E-state index contributed by atoms with van der Waals surface area (Å²) in [7, 11) is -3.69. The number of nitrogens with one attached hydrogen (secondary N) is 2. The highest BCUT2D eigenvalue weighted by Gasteiger charge is 2.14. The number of anilines is 1. The predicted molar refractivity (Wildman–Crippen MR) is 120 cm³/mol. The van der Waals surface area contributed by atoms with E-state index in [2.05, 4.69) is 25.1 Å². The van der Waals surface area contributed by atoms with Gasteiger partial charge in [-0.15, -0.1) is 0 Å². The van der Waals surface area contributed by atoms with Gasteiger partial charge in [0.05, 0.1) is 4.90 Å². The molecule has 1 amide bonds. The summed E-state index contributed by atoms with van der Waals surface area (Å²) < 4.78 is 29.2. The van der Waals surface area contributed by atoms with Gasteiger partial charge in [-0.2, -0.15) is 10.1 Å². The van der Waals surface area contributed by atoms with Gasteiger partial charge in [0.15, 0.2) is 0 Å². The van der Waals surface area contributed by atoms with E-state index in [0.717, 1.165) is 24.0 Å². The van der Waals surface area contributed by atoms with Crippen LogP contribution in [0.4, 0.5) is 5.69 Å². The second-order valence-electron chi connectivity index (χ2n) is 7.33. The predicted octanol–water partition coefficient (Wildman–Crippen LogP) is 2.60. The van der Waals surface area contributed by atoms with Crippen molar-refractivity contribution in [1.82, 2.24) is 24.9 Å². The molecule has 10 heteroatoms. The van der Waals surface area contributed by atoms with Gasteiger partial charge in [0.25, 0.3) is 21.7 Å². The first kappa shape index (κ1) is 21.4. The number of carbonyl (C=O) groups excluding carboxylic acids is 1. The third kappa shape index (κ3) is 5.09. The number of amides is 1. The van der Waals surface area contributed by atoms with Crippen molar-refractivity contribution in [3.63, 3.8) is 0 Å². The largest absolute Gasteiger partial charge is 0.352 e. The summed E-state index contributed by atoms with van der Waals surface area (Å²) in [5.74, 6) is 0.328. The molecule has 0 bridgehead atoms. The Morgan fingerprint density at radius 2 is 1.91 bits per heavy atom. The van der Waals surface area contributed by atoms with E-state index in [1.54, 1.807) is 47.1 Å². The molecule has 2 N–H and O–H groups in total. The molecule has 0 fully saturated rings. The summed E-state index contributed by atoms with van der Waals surface area (Å²) in [6, 6.07) is 13.0. The molecule has 0 unspecified atom stereocenters. The Labute approximate surface area is 185 Å². The highest BCUT2D eigenvalue weighted by molar-refractivity contribution is 7.92. The van der Waals surface area contributed by atoms with Crippen molar-refractivity contribution in [3.8, 4) is 0 Å². The first-order chi connectivity index (χ1) is 15.4. The first-order valence-electron chi connectivity index (χ1n) is 10.0. The molecule has 2 aromatic carbocycles. The monoisotopic (exact) mass is 450 g/mol. The highest BCUT2D eigenvalue weighted by atomic mass is 32.2. The minimum atomic E-state index is -3.69.